The van der Waals surface area contributed by atoms with Gasteiger partial charge >= 0.3 is 0 Å². The summed E-state index contributed by atoms with van der Waals surface area (Å²) in [4.78, 5) is 2.23. The third kappa shape index (κ3) is 6.95. The molecule has 1 aliphatic heterocycles. The summed E-state index contributed by atoms with van der Waals surface area (Å²) in [5.74, 6) is 0.191. The first-order valence-corrected chi connectivity index (χ1v) is 12.7. The maximum Gasteiger partial charge on any atom is 0.152 e. The molecule has 0 spiro atoms. The summed E-state index contributed by atoms with van der Waals surface area (Å²) in [5, 5.41) is -0.291. The van der Waals surface area contributed by atoms with Gasteiger partial charge in [0.1, 0.15) is 5.82 Å². The number of nitrogens with zero attached hydrogens (tertiary/aromatic N) is 1. The van der Waals surface area contributed by atoms with Crippen LogP contribution in [-0.4, -0.2) is 44.7 Å². The van der Waals surface area contributed by atoms with E-state index >= 15 is 0 Å². The number of anilines is 1. The van der Waals surface area contributed by atoms with Gasteiger partial charge in [-0.15, -0.1) is 0 Å². The zero-order valence-electron chi connectivity index (χ0n) is 18.7. The molecule has 0 saturated carbocycles. The number of unbranched alkanes of at least 4 members (excludes halogenated alkanes) is 4. The van der Waals surface area contributed by atoms with Gasteiger partial charge in [-0.25, -0.2) is 12.8 Å². The fourth-order valence-electron chi connectivity index (χ4n) is 4.03. The maximum atomic E-state index is 14.9. The van der Waals surface area contributed by atoms with Crippen LogP contribution in [0, 0.1) is 12.7 Å². The molecule has 0 aliphatic carbocycles. The normalized spacial score (nSPS) is 20.4. The molecule has 166 valence electrons. The van der Waals surface area contributed by atoms with E-state index in [1.807, 2.05) is 13.0 Å². The standard InChI is InChI=1S/C23H38FNO3S/c1-17(2)29(26,27)14-10-8-6-7-9-11-21-12-13-22(20(5)23(21)24)25-15-18(3)28-19(4)16-25/h12-13,17-19H,6-11,14-16H2,1-5H3/t18-,19?/m1/s1. The minimum absolute atomic E-state index is 0.0858. The molecule has 1 heterocycles. The predicted molar refractivity (Wildman–Crippen MR) is 119 cm³/mol. The van der Waals surface area contributed by atoms with Crippen molar-refractivity contribution >= 4 is 15.5 Å². The van der Waals surface area contributed by atoms with Crippen molar-refractivity contribution < 1.29 is 17.5 Å². The lowest BCUT2D eigenvalue weighted by atomic mass is 10.0. The van der Waals surface area contributed by atoms with Crippen LogP contribution in [0.1, 0.15) is 70.9 Å². The Balaban J connectivity index is 1.80. The Bertz CT molecular complexity index is 754. The van der Waals surface area contributed by atoms with Crippen LogP contribution < -0.4 is 4.90 Å². The smallest absolute Gasteiger partial charge is 0.152 e. The van der Waals surface area contributed by atoms with E-state index in [4.69, 9.17) is 4.74 Å². The van der Waals surface area contributed by atoms with Crippen LogP contribution in [0.15, 0.2) is 12.1 Å². The first-order chi connectivity index (χ1) is 13.6. The summed E-state index contributed by atoms with van der Waals surface area (Å²) in [6.07, 6.45) is 5.59. The van der Waals surface area contributed by atoms with E-state index in [9.17, 15) is 12.8 Å². The van der Waals surface area contributed by atoms with Crippen LogP contribution in [0.25, 0.3) is 0 Å². The average molecular weight is 428 g/mol. The van der Waals surface area contributed by atoms with Crippen LogP contribution in [0.2, 0.25) is 0 Å². The van der Waals surface area contributed by atoms with E-state index in [0.29, 0.717) is 0 Å². The number of hydrogen-bond acceptors (Lipinski definition) is 4. The number of aryl methyl sites for hydroxylation is 1. The second-order valence-corrected chi connectivity index (χ2v) is 11.5. The Kier molecular flexibility index (Phi) is 8.95. The van der Waals surface area contributed by atoms with Gasteiger partial charge < -0.3 is 9.64 Å². The predicted octanol–water partition coefficient (Wildman–Crippen LogP) is 5.06. The van der Waals surface area contributed by atoms with Crippen molar-refractivity contribution in [2.24, 2.45) is 0 Å². The molecule has 1 aromatic rings. The Hall–Kier alpha value is -1.14. The van der Waals surface area contributed by atoms with Gasteiger partial charge in [0.25, 0.3) is 0 Å². The summed E-state index contributed by atoms with van der Waals surface area (Å²) in [6.45, 7) is 11.0. The van der Waals surface area contributed by atoms with Gasteiger partial charge in [0.15, 0.2) is 9.84 Å². The number of ether oxygens (including phenoxy) is 1. The molecule has 1 aliphatic rings. The third-order valence-corrected chi connectivity index (χ3v) is 8.09. The summed E-state index contributed by atoms with van der Waals surface area (Å²) in [5.41, 5.74) is 2.48. The molecule has 4 nitrogen and oxygen atoms in total. The summed E-state index contributed by atoms with van der Waals surface area (Å²) in [7, 11) is -2.93. The van der Waals surface area contributed by atoms with E-state index in [2.05, 4.69) is 24.8 Å². The number of hydrogen-bond donors (Lipinski definition) is 0. The average Bonchev–Trinajstić information content (AvgIpc) is 2.63. The van der Waals surface area contributed by atoms with Crippen molar-refractivity contribution in [3.63, 3.8) is 0 Å². The number of halogens is 1. The number of rotatable bonds is 10. The Morgan fingerprint density at radius 3 is 2.28 bits per heavy atom. The second-order valence-electron chi connectivity index (χ2n) is 8.78. The van der Waals surface area contributed by atoms with E-state index < -0.39 is 9.84 Å². The molecular formula is C23H38FNO3S. The monoisotopic (exact) mass is 427 g/mol. The lowest BCUT2D eigenvalue weighted by Crippen LogP contribution is -2.45. The van der Waals surface area contributed by atoms with Gasteiger partial charge in [0.2, 0.25) is 0 Å². The van der Waals surface area contributed by atoms with Crippen LogP contribution in [0.4, 0.5) is 10.1 Å². The van der Waals surface area contributed by atoms with E-state index in [1.165, 1.54) is 0 Å². The molecule has 0 aromatic heterocycles. The highest BCUT2D eigenvalue weighted by Gasteiger charge is 2.24. The van der Waals surface area contributed by atoms with Crippen molar-refractivity contribution in [1.29, 1.82) is 0 Å². The highest BCUT2D eigenvalue weighted by Crippen LogP contribution is 2.28. The van der Waals surface area contributed by atoms with E-state index in [0.717, 1.165) is 68.4 Å². The van der Waals surface area contributed by atoms with Crippen LogP contribution in [0.5, 0.6) is 0 Å². The number of morpholine rings is 1. The van der Waals surface area contributed by atoms with Crippen LogP contribution >= 0.6 is 0 Å². The first-order valence-electron chi connectivity index (χ1n) is 11.0. The molecule has 6 heteroatoms. The zero-order valence-corrected chi connectivity index (χ0v) is 19.5. The molecular weight excluding hydrogens is 389 g/mol. The molecule has 0 N–H and O–H groups in total. The largest absolute Gasteiger partial charge is 0.372 e. The molecule has 0 amide bonds. The molecule has 0 bridgehead atoms. The minimum atomic E-state index is -2.93. The maximum absolute atomic E-state index is 14.9. The fourth-order valence-corrected chi connectivity index (χ4v) is 5.10. The van der Waals surface area contributed by atoms with Crippen molar-refractivity contribution in [3.8, 4) is 0 Å². The van der Waals surface area contributed by atoms with Gasteiger partial charge in [0, 0.05) is 24.3 Å². The zero-order chi connectivity index (χ0) is 21.6. The summed E-state index contributed by atoms with van der Waals surface area (Å²) in [6, 6.07) is 3.98. The SMILES string of the molecule is Cc1c(N2CC(C)O[C@H](C)C2)ccc(CCCCCCCS(=O)(=O)C(C)C)c1F. The first kappa shape index (κ1) is 24.1. The molecule has 2 atom stereocenters. The Morgan fingerprint density at radius 2 is 1.66 bits per heavy atom. The Labute approximate surface area is 176 Å². The third-order valence-electron chi connectivity index (χ3n) is 5.79. The van der Waals surface area contributed by atoms with Gasteiger partial charge in [-0.3, -0.25) is 0 Å². The highest BCUT2D eigenvalue weighted by molar-refractivity contribution is 7.91. The fraction of sp³-hybridized carbons (Fsp3) is 0.739. The van der Waals surface area contributed by atoms with Gasteiger partial charge in [0.05, 0.1) is 23.2 Å². The van der Waals surface area contributed by atoms with Crippen molar-refractivity contribution in [2.45, 2.75) is 90.6 Å². The highest BCUT2D eigenvalue weighted by atomic mass is 32.2. The van der Waals surface area contributed by atoms with Crippen molar-refractivity contribution in [3.05, 3.63) is 29.1 Å². The van der Waals surface area contributed by atoms with Gasteiger partial charge in [-0.05, 0) is 65.5 Å². The molecule has 1 saturated heterocycles. The van der Waals surface area contributed by atoms with Crippen molar-refractivity contribution in [1.82, 2.24) is 0 Å². The molecule has 29 heavy (non-hydrogen) atoms. The van der Waals surface area contributed by atoms with E-state index in [-0.39, 0.29) is 29.0 Å². The molecule has 0 radical (unpaired) electrons. The molecule has 1 aromatic carbocycles. The van der Waals surface area contributed by atoms with Crippen LogP contribution in [0.3, 0.4) is 0 Å². The molecule has 2 rings (SSSR count). The van der Waals surface area contributed by atoms with Crippen LogP contribution in [-0.2, 0) is 21.0 Å². The number of sulfone groups is 1. The van der Waals surface area contributed by atoms with Gasteiger partial charge in [-0.1, -0.05) is 25.3 Å². The lowest BCUT2D eigenvalue weighted by molar-refractivity contribution is -0.00526. The van der Waals surface area contributed by atoms with Gasteiger partial charge in [-0.2, -0.15) is 0 Å². The number of benzene rings is 1. The second kappa shape index (κ2) is 10.8. The summed E-state index contributed by atoms with van der Waals surface area (Å²) >= 11 is 0. The molecule has 1 fully saturated rings. The van der Waals surface area contributed by atoms with E-state index in [1.54, 1.807) is 13.8 Å². The quantitative estimate of drug-likeness (QED) is 0.490. The lowest BCUT2D eigenvalue weighted by Gasteiger charge is -2.37. The molecule has 1 unspecified atom stereocenters. The minimum Gasteiger partial charge on any atom is -0.372 e. The summed E-state index contributed by atoms with van der Waals surface area (Å²) < 4.78 is 44.3. The Morgan fingerprint density at radius 1 is 1.07 bits per heavy atom. The topological polar surface area (TPSA) is 46.6 Å². The van der Waals surface area contributed by atoms with Crippen molar-refractivity contribution in [2.75, 3.05) is 23.7 Å².